The first-order valence-corrected chi connectivity index (χ1v) is 10.3. The number of hydrogen-bond acceptors (Lipinski definition) is 4. The lowest BCUT2D eigenvalue weighted by Crippen LogP contribution is -2.42. The van der Waals surface area contributed by atoms with E-state index in [0.29, 0.717) is 12.5 Å². The quantitative estimate of drug-likeness (QED) is 0.574. The molecule has 0 saturated heterocycles. The number of fused-ring (bicyclic) bond motifs is 1. The summed E-state index contributed by atoms with van der Waals surface area (Å²) in [4.78, 5) is 7.34. The highest BCUT2D eigenvalue weighted by atomic mass is 35.5. The van der Waals surface area contributed by atoms with E-state index < -0.39 is 0 Å². The Labute approximate surface area is 170 Å². The number of ether oxygens (including phenoxy) is 1. The van der Waals surface area contributed by atoms with Crippen molar-refractivity contribution in [2.45, 2.75) is 44.9 Å². The molecule has 2 heterocycles. The van der Waals surface area contributed by atoms with Crippen LogP contribution in [0.5, 0.6) is 5.75 Å². The summed E-state index contributed by atoms with van der Waals surface area (Å²) in [6.07, 6.45) is 4.99. The van der Waals surface area contributed by atoms with E-state index in [0.717, 1.165) is 58.9 Å². The molecule has 1 saturated carbocycles. The van der Waals surface area contributed by atoms with Gasteiger partial charge in [0, 0.05) is 36.1 Å². The predicted molar refractivity (Wildman–Crippen MR) is 109 cm³/mol. The summed E-state index contributed by atoms with van der Waals surface area (Å²) in [5.74, 6) is 2.59. The second kappa shape index (κ2) is 7.61. The van der Waals surface area contributed by atoms with Crippen molar-refractivity contribution in [2.24, 2.45) is 0 Å². The number of aromatic nitrogens is 1. The van der Waals surface area contributed by atoms with Gasteiger partial charge in [0.15, 0.2) is 0 Å². The molecular formula is C23H23ClN2O2. The van der Waals surface area contributed by atoms with Gasteiger partial charge in [-0.15, -0.1) is 0 Å². The monoisotopic (exact) mass is 394 g/mol. The van der Waals surface area contributed by atoms with E-state index in [4.69, 9.17) is 25.7 Å². The van der Waals surface area contributed by atoms with Crippen LogP contribution in [0.3, 0.4) is 0 Å². The van der Waals surface area contributed by atoms with Crippen LogP contribution in [0.2, 0.25) is 5.02 Å². The molecule has 1 aromatic heterocycles. The van der Waals surface area contributed by atoms with Gasteiger partial charge in [-0.05, 0) is 54.8 Å². The van der Waals surface area contributed by atoms with E-state index in [1.807, 2.05) is 48.5 Å². The van der Waals surface area contributed by atoms with Crippen LogP contribution in [0.4, 0.5) is 0 Å². The van der Waals surface area contributed by atoms with Crippen molar-refractivity contribution in [2.75, 3.05) is 6.54 Å². The lowest BCUT2D eigenvalue weighted by atomic mass is 9.90. The topological polar surface area (TPSA) is 38.5 Å². The van der Waals surface area contributed by atoms with Gasteiger partial charge in [-0.1, -0.05) is 30.2 Å². The molecule has 1 aliphatic heterocycles. The molecule has 1 fully saturated rings. The molecule has 5 rings (SSSR count). The predicted octanol–water partition coefficient (Wildman–Crippen LogP) is 5.48. The minimum atomic E-state index is 0.515. The van der Waals surface area contributed by atoms with Gasteiger partial charge < -0.3 is 9.15 Å². The third-order valence-electron chi connectivity index (χ3n) is 5.77. The molecule has 0 N–H and O–H groups in total. The summed E-state index contributed by atoms with van der Waals surface area (Å²) in [5.41, 5.74) is 3.18. The van der Waals surface area contributed by atoms with Gasteiger partial charge in [0.05, 0.1) is 5.69 Å². The zero-order valence-electron chi connectivity index (χ0n) is 15.7. The molecule has 0 bridgehead atoms. The molecule has 28 heavy (non-hydrogen) atoms. The van der Waals surface area contributed by atoms with Crippen molar-refractivity contribution in [3.8, 4) is 17.2 Å². The van der Waals surface area contributed by atoms with Crippen LogP contribution in [0.15, 0.2) is 52.9 Å². The maximum atomic E-state index is 6.06. The number of rotatable bonds is 5. The second-order valence-corrected chi connectivity index (χ2v) is 8.07. The van der Waals surface area contributed by atoms with Crippen LogP contribution in [0.25, 0.3) is 11.5 Å². The average Bonchev–Trinajstić information content (AvgIpc) is 3.10. The van der Waals surface area contributed by atoms with E-state index in [9.17, 15) is 0 Å². The molecule has 0 amide bonds. The smallest absolute Gasteiger partial charge is 0.226 e. The molecule has 0 unspecified atom stereocenters. The van der Waals surface area contributed by atoms with Crippen LogP contribution >= 0.6 is 11.6 Å². The molecule has 5 heteroatoms. The van der Waals surface area contributed by atoms with Crippen molar-refractivity contribution < 1.29 is 9.15 Å². The third kappa shape index (κ3) is 3.67. The molecule has 0 radical (unpaired) electrons. The summed E-state index contributed by atoms with van der Waals surface area (Å²) in [7, 11) is 0. The molecular weight excluding hydrogens is 372 g/mol. The van der Waals surface area contributed by atoms with E-state index in [1.54, 1.807) is 0 Å². The SMILES string of the molecule is Clc1ccc(COc2ccc(-c3nc4c(o3)CCN(C3CCC3)C4)cc2)cc1. The Morgan fingerprint density at radius 3 is 2.57 bits per heavy atom. The van der Waals surface area contributed by atoms with Crippen molar-refractivity contribution in [1.82, 2.24) is 9.88 Å². The zero-order chi connectivity index (χ0) is 18.9. The van der Waals surface area contributed by atoms with Crippen LogP contribution in [-0.2, 0) is 19.6 Å². The number of halogens is 1. The van der Waals surface area contributed by atoms with Crippen LogP contribution in [0.1, 0.15) is 36.3 Å². The zero-order valence-corrected chi connectivity index (χ0v) is 16.5. The summed E-state index contributed by atoms with van der Waals surface area (Å²) < 4.78 is 11.9. The van der Waals surface area contributed by atoms with Crippen LogP contribution in [-0.4, -0.2) is 22.5 Å². The molecule has 3 aromatic rings. The summed E-state index contributed by atoms with van der Waals surface area (Å²) >= 11 is 5.92. The van der Waals surface area contributed by atoms with Crippen molar-refractivity contribution >= 4 is 11.6 Å². The highest BCUT2D eigenvalue weighted by Crippen LogP contribution is 2.32. The largest absolute Gasteiger partial charge is 0.489 e. The first-order chi connectivity index (χ1) is 13.7. The lowest BCUT2D eigenvalue weighted by Gasteiger charge is -2.38. The maximum absolute atomic E-state index is 6.06. The Hall–Kier alpha value is -2.30. The first kappa shape index (κ1) is 17.8. The van der Waals surface area contributed by atoms with Gasteiger partial charge in [0.1, 0.15) is 18.1 Å². The number of nitrogens with zero attached hydrogens (tertiary/aromatic N) is 2. The normalized spacial score (nSPS) is 17.2. The summed E-state index contributed by atoms with van der Waals surface area (Å²) in [6, 6.07) is 16.4. The molecule has 0 spiro atoms. The fourth-order valence-electron chi connectivity index (χ4n) is 3.85. The molecule has 0 atom stereocenters. The molecule has 1 aliphatic carbocycles. The van der Waals surface area contributed by atoms with Crippen molar-refractivity contribution in [1.29, 1.82) is 0 Å². The standard InChI is InChI=1S/C23H23ClN2O2/c24-18-8-4-16(5-9-18)15-27-20-10-6-17(7-11-20)23-25-21-14-26(19-2-1-3-19)13-12-22(21)28-23/h4-11,19H,1-3,12-15H2. The molecule has 4 nitrogen and oxygen atoms in total. The Morgan fingerprint density at radius 1 is 1.07 bits per heavy atom. The fraction of sp³-hybridized carbons (Fsp3) is 0.348. The van der Waals surface area contributed by atoms with E-state index >= 15 is 0 Å². The third-order valence-corrected chi connectivity index (χ3v) is 6.02. The van der Waals surface area contributed by atoms with Crippen LogP contribution < -0.4 is 4.74 Å². The average molecular weight is 395 g/mol. The fourth-order valence-corrected chi connectivity index (χ4v) is 3.97. The Bertz CT molecular complexity index is 946. The van der Waals surface area contributed by atoms with Crippen LogP contribution in [0, 0.1) is 0 Å². The highest BCUT2D eigenvalue weighted by Gasteiger charge is 2.30. The van der Waals surface area contributed by atoms with Gasteiger partial charge >= 0.3 is 0 Å². The summed E-state index contributed by atoms with van der Waals surface area (Å²) in [6.45, 7) is 2.52. The van der Waals surface area contributed by atoms with Gasteiger partial charge in [-0.3, -0.25) is 4.90 Å². The molecule has 144 valence electrons. The molecule has 2 aromatic carbocycles. The van der Waals surface area contributed by atoms with E-state index in [-0.39, 0.29) is 0 Å². The van der Waals surface area contributed by atoms with Crippen molar-refractivity contribution in [3.05, 3.63) is 70.6 Å². The number of benzene rings is 2. The van der Waals surface area contributed by atoms with E-state index in [1.165, 1.54) is 19.3 Å². The highest BCUT2D eigenvalue weighted by molar-refractivity contribution is 6.30. The Kier molecular flexibility index (Phi) is 4.83. The number of oxazole rings is 1. The van der Waals surface area contributed by atoms with Crippen molar-refractivity contribution in [3.63, 3.8) is 0 Å². The maximum Gasteiger partial charge on any atom is 0.226 e. The minimum Gasteiger partial charge on any atom is -0.489 e. The lowest BCUT2D eigenvalue weighted by molar-refractivity contribution is 0.108. The number of hydrogen-bond donors (Lipinski definition) is 0. The summed E-state index contributed by atoms with van der Waals surface area (Å²) in [5, 5.41) is 0.734. The van der Waals surface area contributed by atoms with Gasteiger partial charge in [-0.2, -0.15) is 0 Å². The Balaban J connectivity index is 1.24. The first-order valence-electron chi connectivity index (χ1n) is 9.95. The minimum absolute atomic E-state index is 0.515. The van der Waals surface area contributed by atoms with Gasteiger partial charge in [-0.25, -0.2) is 4.98 Å². The second-order valence-electron chi connectivity index (χ2n) is 7.63. The molecule has 2 aliphatic rings. The van der Waals surface area contributed by atoms with Gasteiger partial charge in [0.25, 0.3) is 0 Å². The Morgan fingerprint density at radius 2 is 1.86 bits per heavy atom. The van der Waals surface area contributed by atoms with Gasteiger partial charge in [0.2, 0.25) is 5.89 Å². The van der Waals surface area contributed by atoms with E-state index in [2.05, 4.69) is 4.90 Å².